The first kappa shape index (κ1) is 25.4. The number of carbonyl (C=O) groups is 2. The van der Waals surface area contributed by atoms with Crippen molar-refractivity contribution in [2.24, 2.45) is 0 Å². The fourth-order valence-electron chi connectivity index (χ4n) is 4.99. The Hall–Kier alpha value is -3.72. The fraction of sp³-hybridized carbons (Fsp3) is 0.407. The molecule has 1 amide bonds. The van der Waals surface area contributed by atoms with Crippen LogP contribution in [0.25, 0.3) is 5.76 Å². The summed E-state index contributed by atoms with van der Waals surface area (Å²) in [4.78, 5) is 41.0. The van der Waals surface area contributed by atoms with Crippen molar-refractivity contribution in [2.45, 2.75) is 45.8 Å². The summed E-state index contributed by atoms with van der Waals surface area (Å²) in [6.07, 6.45) is 1.30. The Morgan fingerprint density at radius 1 is 1.19 bits per heavy atom. The van der Waals surface area contributed by atoms with Gasteiger partial charge in [-0.15, -0.1) is 0 Å². The first-order chi connectivity index (χ1) is 17.2. The second-order valence-electron chi connectivity index (χ2n) is 9.18. The molecule has 0 spiro atoms. The maximum atomic E-state index is 13.3. The van der Waals surface area contributed by atoms with Gasteiger partial charge in [0.2, 0.25) is 0 Å². The standard InChI is InChI=1S/C27H31N3O6/c1-4-28(5-2)12-7-13-29-24(18-8-6-9-21(16-18)30(34)35)23(26(32)27(29)33)25(31)19-10-11-22-20(15-19)14-17(3)36-22/h6,8-11,15-17,24,31H,4-5,7,12-14H2,1-3H3/b25-23+/t17-,24+/m0/s1. The molecule has 9 heteroatoms. The largest absolute Gasteiger partial charge is 0.507 e. The second kappa shape index (κ2) is 10.5. The number of nitro benzene ring substituents is 1. The van der Waals surface area contributed by atoms with Gasteiger partial charge in [-0.1, -0.05) is 26.0 Å². The molecule has 0 saturated carbocycles. The molecule has 1 fully saturated rings. The van der Waals surface area contributed by atoms with Gasteiger partial charge in [0.25, 0.3) is 17.4 Å². The number of hydrogen-bond donors (Lipinski definition) is 1. The van der Waals surface area contributed by atoms with E-state index in [0.29, 0.717) is 24.0 Å². The van der Waals surface area contributed by atoms with Crippen LogP contribution in [0.15, 0.2) is 48.0 Å². The van der Waals surface area contributed by atoms with Crippen LogP contribution in [-0.2, 0) is 16.0 Å². The van der Waals surface area contributed by atoms with E-state index in [1.54, 1.807) is 24.3 Å². The molecule has 190 valence electrons. The van der Waals surface area contributed by atoms with Crippen LogP contribution >= 0.6 is 0 Å². The molecule has 0 aliphatic carbocycles. The zero-order chi connectivity index (χ0) is 26.0. The molecule has 2 aliphatic rings. The molecule has 2 aromatic carbocycles. The molecule has 0 radical (unpaired) electrons. The van der Waals surface area contributed by atoms with Crippen molar-refractivity contribution in [1.82, 2.24) is 9.80 Å². The lowest BCUT2D eigenvalue weighted by atomic mass is 9.94. The molecule has 0 unspecified atom stereocenters. The van der Waals surface area contributed by atoms with E-state index < -0.39 is 22.7 Å². The second-order valence-corrected chi connectivity index (χ2v) is 9.18. The van der Waals surface area contributed by atoms with Crippen molar-refractivity contribution in [3.8, 4) is 5.75 Å². The van der Waals surface area contributed by atoms with Gasteiger partial charge in [0.05, 0.1) is 16.5 Å². The summed E-state index contributed by atoms with van der Waals surface area (Å²) < 4.78 is 5.74. The Labute approximate surface area is 210 Å². The molecule has 0 bridgehead atoms. The zero-order valence-corrected chi connectivity index (χ0v) is 20.8. The number of ketones is 1. The molecule has 2 atom stereocenters. The number of fused-ring (bicyclic) bond motifs is 1. The summed E-state index contributed by atoms with van der Waals surface area (Å²) in [5, 5.41) is 22.8. The summed E-state index contributed by atoms with van der Waals surface area (Å²) in [7, 11) is 0. The van der Waals surface area contributed by atoms with E-state index >= 15 is 0 Å². The third-order valence-corrected chi connectivity index (χ3v) is 6.87. The number of amides is 1. The number of ether oxygens (including phenoxy) is 1. The highest BCUT2D eigenvalue weighted by atomic mass is 16.6. The van der Waals surface area contributed by atoms with E-state index in [9.17, 15) is 24.8 Å². The van der Waals surface area contributed by atoms with Crippen LogP contribution in [0.4, 0.5) is 5.69 Å². The number of nitrogens with zero attached hydrogens (tertiary/aromatic N) is 3. The van der Waals surface area contributed by atoms with Crippen molar-refractivity contribution < 1.29 is 24.4 Å². The minimum atomic E-state index is -0.926. The van der Waals surface area contributed by atoms with Crippen LogP contribution in [0.1, 0.15) is 49.9 Å². The van der Waals surface area contributed by atoms with Crippen LogP contribution < -0.4 is 4.74 Å². The van der Waals surface area contributed by atoms with Crippen molar-refractivity contribution in [1.29, 1.82) is 0 Å². The minimum Gasteiger partial charge on any atom is -0.507 e. The summed E-state index contributed by atoms with van der Waals surface area (Å²) in [5.74, 6) is -1.08. The highest BCUT2D eigenvalue weighted by Crippen LogP contribution is 2.41. The monoisotopic (exact) mass is 493 g/mol. The third-order valence-electron chi connectivity index (χ3n) is 6.87. The average molecular weight is 494 g/mol. The van der Waals surface area contributed by atoms with Gasteiger partial charge in [-0.05, 0) is 62.3 Å². The fourth-order valence-corrected chi connectivity index (χ4v) is 4.99. The number of aliphatic hydroxyl groups excluding tert-OH is 1. The van der Waals surface area contributed by atoms with Crippen LogP contribution in [0.2, 0.25) is 0 Å². The van der Waals surface area contributed by atoms with E-state index in [1.165, 1.54) is 23.1 Å². The molecule has 2 aromatic rings. The van der Waals surface area contributed by atoms with Gasteiger partial charge >= 0.3 is 0 Å². The molecule has 1 N–H and O–H groups in total. The summed E-state index contributed by atoms with van der Waals surface area (Å²) in [6, 6.07) is 10.1. The van der Waals surface area contributed by atoms with Crippen molar-refractivity contribution in [3.05, 3.63) is 74.8 Å². The molecule has 1 saturated heterocycles. The number of likely N-dealkylation sites (tertiary alicyclic amines) is 1. The predicted molar refractivity (Wildman–Crippen MR) is 135 cm³/mol. The average Bonchev–Trinajstić information content (AvgIpc) is 3.37. The number of non-ortho nitro benzene ring substituents is 1. The predicted octanol–water partition coefficient (Wildman–Crippen LogP) is 4.07. The summed E-state index contributed by atoms with van der Waals surface area (Å²) >= 11 is 0. The Morgan fingerprint density at radius 2 is 1.94 bits per heavy atom. The topological polar surface area (TPSA) is 113 Å². The normalized spacial score (nSPS) is 20.6. The zero-order valence-electron chi connectivity index (χ0n) is 20.8. The van der Waals surface area contributed by atoms with Gasteiger partial charge in [0.1, 0.15) is 17.6 Å². The smallest absolute Gasteiger partial charge is 0.295 e. The number of Topliss-reactive ketones (excluding diaryl/α,β-unsaturated/α-hetero) is 1. The lowest BCUT2D eigenvalue weighted by Crippen LogP contribution is -2.33. The van der Waals surface area contributed by atoms with Gasteiger partial charge in [0, 0.05) is 30.7 Å². The van der Waals surface area contributed by atoms with E-state index in [0.717, 1.165) is 30.9 Å². The first-order valence-corrected chi connectivity index (χ1v) is 12.3. The maximum Gasteiger partial charge on any atom is 0.295 e. The van der Waals surface area contributed by atoms with Crippen LogP contribution in [0, 0.1) is 10.1 Å². The molecule has 9 nitrogen and oxygen atoms in total. The molecule has 2 heterocycles. The summed E-state index contributed by atoms with van der Waals surface area (Å²) in [5.41, 5.74) is 1.51. The van der Waals surface area contributed by atoms with Crippen molar-refractivity contribution in [3.63, 3.8) is 0 Å². The molecule has 2 aliphatic heterocycles. The highest BCUT2D eigenvalue weighted by Gasteiger charge is 2.46. The van der Waals surface area contributed by atoms with Gasteiger partial charge < -0.3 is 19.6 Å². The molecular formula is C27H31N3O6. The highest BCUT2D eigenvalue weighted by molar-refractivity contribution is 6.46. The van der Waals surface area contributed by atoms with Crippen LogP contribution in [0.3, 0.4) is 0 Å². The van der Waals surface area contributed by atoms with Gasteiger partial charge in [-0.25, -0.2) is 0 Å². The number of nitro groups is 1. The quantitative estimate of drug-likeness (QED) is 0.184. The maximum absolute atomic E-state index is 13.3. The Balaban J connectivity index is 1.77. The number of rotatable bonds is 9. The summed E-state index contributed by atoms with van der Waals surface area (Å²) in [6.45, 7) is 8.81. The van der Waals surface area contributed by atoms with Crippen LogP contribution in [-0.4, -0.2) is 63.8 Å². The molecular weight excluding hydrogens is 462 g/mol. The van der Waals surface area contributed by atoms with E-state index in [1.807, 2.05) is 6.92 Å². The third kappa shape index (κ3) is 4.83. The Kier molecular flexibility index (Phi) is 7.40. The number of carbonyl (C=O) groups excluding carboxylic acids is 2. The van der Waals surface area contributed by atoms with Gasteiger partial charge in [-0.3, -0.25) is 19.7 Å². The molecule has 4 rings (SSSR count). The lowest BCUT2D eigenvalue weighted by Gasteiger charge is -2.26. The number of benzene rings is 2. The van der Waals surface area contributed by atoms with E-state index in [2.05, 4.69) is 18.7 Å². The number of aliphatic hydroxyl groups is 1. The van der Waals surface area contributed by atoms with E-state index in [-0.39, 0.29) is 29.7 Å². The van der Waals surface area contributed by atoms with Gasteiger partial charge in [0.15, 0.2) is 0 Å². The molecule has 0 aromatic heterocycles. The minimum absolute atomic E-state index is 0.0126. The van der Waals surface area contributed by atoms with Crippen molar-refractivity contribution >= 4 is 23.1 Å². The first-order valence-electron chi connectivity index (χ1n) is 12.3. The Morgan fingerprint density at radius 3 is 2.64 bits per heavy atom. The number of hydrogen-bond acceptors (Lipinski definition) is 7. The Bertz CT molecular complexity index is 1220. The van der Waals surface area contributed by atoms with E-state index in [4.69, 9.17) is 4.74 Å². The van der Waals surface area contributed by atoms with Crippen LogP contribution in [0.5, 0.6) is 5.75 Å². The SMILES string of the molecule is CCN(CC)CCCN1C(=O)C(=O)/C(=C(/O)c2ccc3c(c2)C[C@H](C)O3)[C@H]1c1cccc([N+](=O)[O-])c1. The van der Waals surface area contributed by atoms with Gasteiger partial charge in [-0.2, -0.15) is 0 Å². The molecule has 36 heavy (non-hydrogen) atoms. The lowest BCUT2D eigenvalue weighted by molar-refractivity contribution is -0.384. The van der Waals surface area contributed by atoms with Crippen molar-refractivity contribution in [2.75, 3.05) is 26.2 Å².